The van der Waals surface area contributed by atoms with E-state index in [-0.39, 0.29) is 12.5 Å². The number of anilines is 2. The van der Waals surface area contributed by atoms with Crippen LogP contribution in [0, 0.1) is 13.8 Å². The van der Waals surface area contributed by atoms with Crippen LogP contribution in [0.5, 0.6) is 0 Å². The molecule has 0 fully saturated rings. The predicted octanol–water partition coefficient (Wildman–Crippen LogP) is 5.28. The van der Waals surface area contributed by atoms with Crippen molar-refractivity contribution in [1.82, 2.24) is 9.97 Å². The van der Waals surface area contributed by atoms with E-state index in [4.69, 9.17) is 4.74 Å². The number of fused-ring (bicyclic) bond motifs is 1. The molecule has 0 unspecified atom stereocenters. The smallest absolute Gasteiger partial charge is 0.340 e. The van der Waals surface area contributed by atoms with Crippen molar-refractivity contribution in [2.75, 3.05) is 4.90 Å². The Morgan fingerprint density at radius 2 is 1.83 bits per heavy atom. The first kappa shape index (κ1) is 19.8. The van der Waals surface area contributed by atoms with Crippen molar-refractivity contribution >= 4 is 44.9 Å². The van der Waals surface area contributed by atoms with Gasteiger partial charge in [0.15, 0.2) is 5.13 Å². The number of aromatic nitrogens is 2. The molecular formula is C23H21N3O3S. The molecule has 0 aliphatic heterocycles. The number of thiazole rings is 1. The number of H-pyrrole nitrogens is 1. The lowest BCUT2D eigenvalue weighted by molar-refractivity contribution is -0.115. The highest BCUT2D eigenvalue weighted by atomic mass is 32.1. The first-order valence-corrected chi connectivity index (χ1v) is 10.4. The number of hydrogen-bond donors (Lipinski definition) is 1. The van der Waals surface area contributed by atoms with Crippen LogP contribution in [0.4, 0.5) is 10.8 Å². The molecule has 0 spiro atoms. The van der Waals surface area contributed by atoms with Crippen LogP contribution in [-0.4, -0.2) is 21.8 Å². The van der Waals surface area contributed by atoms with Crippen LogP contribution in [-0.2, 0) is 16.1 Å². The number of para-hydroxylation sites is 2. The molecule has 0 bridgehead atoms. The van der Waals surface area contributed by atoms with E-state index in [1.54, 1.807) is 16.5 Å². The summed E-state index contributed by atoms with van der Waals surface area (Å²) in [5, 5.41) is 3.18. The molecule has 152 valence electrons. The Kier molecular flexibility index (Phi) is 5.37. The van der Waals surface area contributed by atoms with Gasteiger partial charge in [0.1, 0.15) is 6.61 Å². The van der Waals surface area contributed by atoms with Crippen LogP contribution in [0.2, 0.25) is 0 Å². The Morgan fingerprint density at radius 3 is 2.57 bits per heavy atom. The van der Waals surface area contributed by atoms with Gasteiger partial charge in [-0.1, -0.05) is 36.4 Å². The molecule has 7 heteroatoms. The van der Waals surface area contributed by atoms with Gasteiger partial charge in [0.2, 0.25) is 5.91 Å². The summed E-state index contributed by atoms with van der Waals surface area (Å²) in [4.78, 5) is 34.2. The summed E-state index contributed by atoms with van der Waals surface area (Å²) >= 11 is 1.35. The van der Waals surface area contributed by atoms with E-state index >= 15 is 0 Å². The summed E-state index contributed by atoms with van der Waals surface area (Å²) in [5.74, 6) is -0.538. The van der Waals surface area contributed by atoms with Crippen molar-refractivity contribution in [2.45, 2.75) is 27.4 Å². The van der Waals surface area contributed by atoms with E-state index in [1.165, 1.54) is 18.3 Å². The third-order valence-electron chi connectivity index (χ3n) is 4.87. The Hall–Kier alpha value is -3.45. The molecule has 4 rings (SSSR count). The SMILES string of the molecule is CC(=O)N(c1nc(COC(=O)c2c[nH]c3ccccc23)cs1)c1c(C)cccc1C. The number of esters is 1. The molecule has 2 aromatic heterocycles. The van der Waals surface area contributed by atoms with Crippen molar-refractivity contribution in [2.24, 2.45) is 0 Å². The molecule has 0 saturated carbocycles. The highest BCUT2D eigenvalue weighted by Gasteiger charge is 2.22. The van der Waals surface area contributed by atoms with Gasteiger partial charge >= 0.3 is 5.97 Å². The maximum absolute atomic E-state index is 12.5. The molecule has 0 aliphatic carbocycles. The number of nitrogens with zero attached hydrogens (tertiary/aromatic N) is 2. The lowest BCUT2D eigenvalue weighted by Crippen LogP contribution is -2.24. The summed E-state index contributed by atoms with van der Waals surface area (Å²) in [7, 11) is 0. The molecule has 0 radical (unpaired) electrons. The van der Waals surface area contributed by atoms with Gasteiger partial charge in [0, 0.05) is 29.4 Å². The van der Waals surface area contributed by atoms with Crippen molar-refractivity contribution in [3.8, 4) is 0 Å². The Bertz CT molecular complexity index is 1220. The molecule has 0 aliphatic rings. The quantitative estimate of drug-likeness (QED) is 0.447. The molecule has 4 aromatic rings. The maximum Gasteiger partial charge on any atom is 0.340 e. The summed E-state index contributed by atoms with van der Waals surface area (Å²) in [6.45, 7) is 5.49. The monoisotopic (exact) mass is 419 g/mol. The molecule has 6 nitrogen and oxygen atoms in total. The Labute approximate surface area is 178 Å². The molecule has 1 amide bonds. The summed E-state index contributed by atoms with van der Waals surface area (Å²) in [6.07, 6.45) is 1.65. The number of carbonyl (C=O) groups is 2. The number of carbonyl (C=O) groups excluding carboxylic acids is 2. The minimum atomic E-state index is -0.417. The molecule has 30 heavy (non-hydrogen) atoms. The fraction of sp³-hybridized carbons (Fsp3) is 0.174. The van der Waals surface area contributed by atoms with Gasteiger partial charge in [-0.2, -0.15) is 0 Å². The van der Waals surface area contributed by atoms with Crippen molar-refractivity contribution in [3.63, 3.8) is 0 Å². The van der Waals surface area contributed by atoms with Crippen molar-refractivity contribution in [1.29, 1.82) is 0 Å². The van der Waals surface area contributed by atoms with Crippen LogP contribution < -0.4 is 4.90 Å². The molecular weight excluding hydrogens is 398 g/mol. The van der Waals surface area contributed by atoms with E-state index in [0.717, 1.165) is 27.7 Å². The third kappa shape index (κ3) is 3.71. The molecule has 0 saturated heterocycles. The fourth-order valence-corrected chi connectivity index (χ4v) is 4.33. The topological polar surface area (TPSA) is 75.3 Å². The van der Waals surface area contributed by atoms with Crippen LogP contribution in [0.3, 0.4) is 0 Å². The largest absolute Gasteiger partial charge is 0.455 e. The summed E-state index contributed by atoms with van der Waals surface area (Å²) in [6, 6.07) is 13.5. The minimum Gasteiger partial charge on any atom is -0.455 e. The number of benzene rings is 2. The number of aryl methyl sites for hydroxylation is 2. The minimum absolute atomic E-state index is 0.0351. The van der Waals surface area contributed by atoms with Gasteiger partial charge < -0.3 is 9.72 Å². The van der Waals surface area contributed by atoms with Gasteiger partial charge in [-0.25, -0.2) is 9.78 Å². The predicted molar refractivity (Wildman–Crippen MR) is 118 cm³/mol. The van der Waals surface area contributed by atoms with Gasteiger partial charge in [-0.05, 0) is 31.0 Å². The van der Waals surface area contributed by atoms with E-state index in [0.29, 0.717) is 16.4 Å². The van der Waals surface area contributed by atoms with Crippen LogP contribution in [0.1, 0.15) is 34.1 Å². The van der Waals surface area contributed by atoms with Gasteiger partial charge in [-0.3, -0.25) is 9.69 Å². The summed E-state index contributed by atoms with van der Waals surface area (Å²) in [5.41, 5.74) is 4.79. The average molecular weight is 420 g/mol. The second-order valence-corrected chi connectivity index (χ2v) is 7.88. The van der Waals surface area contributed by atoms with Gasteiger partial charge in [0.05, 0.1) is 16.9 Å². The highest BCUT2D eigenvalue weighted by molar-refractivity contribution is 7.14. The number of rotatable bonds is 5. The van der Waals surface area contributed by atoms with Gasteiger partial charge in [0.25, 0.3) is 0 Å². The number of nitrogens with one attached hydrogen (secondary N) is 1. The molecule has 1 N–H and O–H groups in total. The average Bonchev–Trinajstić information content (AvgIpc) is 3.36. The highest BCUT2D eigenvalue weighted by Crippen LogP contribution is 2.34. The van der Waals surface area contributed by atoms with E-state index in [2.05, 4.69) is 9.97 Å². The van der Waals surface area contributed by atoms with E-state index < -0.39 is 5.97 Å². The number of amides is 1. The standard InChI is InChI=1S/C23H21N3O3S/c1-14-7-6-8-15(2)21(14)26(16(3)27)23-25-17(13-30-23)12-29-22(28)19-11-24-20-10-5-4-9-18(19)20/h4-11,13,24H,12H2,1-3H3. The van der Waals surface area contributed by atoms with Crippen molar-refractivity contribution in [3.05, 3.63) is 76.4 Å². The molecule has 2 heterocycles. The molecule has 0 atom stereocenters. The zero-order valence-electron chi connectivity index (χ0n) is 16.9. The first-order valence-electron chi connectivity index (χ1n) is 9.50. The zero-order chi connectivity index (χ0) is 21.3. The molecule has 2 aromatic carbocycles. The van der Waals surface area contributed by atoms with Crippen LogP contribution in [0.15, 0.2) is 54.0 Å². The second-order valence-electron chi connectivity index (χ2n) is 7.04. The fourth-order valence-electron chi connectivity index (χ4n) is 3.47. The van der Waals surface area contributed by atoms with Gasteiger partial charge in [-0.15, -0.1) is 11.3 Å². The Balaban J connectivity index is 1.53. The lowest BCUT2D eigenvalue weighted by Gasteiger charge is -2.22. The zero-order valence-corrected chi connectivity index (χ0v) is 17.7. The number of hydrogen-bond acceptors (Lipinski definition) is 5. The third-order valence-corrected chi connectivity index (χ3v) is 5.74. The first-order chi connectivity index (χ1) is 14.5. The maximum atomic E-state index is 12.5. The number of aromatic amines is 1. The number of ether oxygens (including phenoxy) is 1. The van der Waals surface area contributed by atoms with Crippen molar-refractivity contribution < 1.29 is 14.3 Å². The van der Waals surface area contributed by atoms with E-state index in [9.17, 15) is 9.59 Å². The van der Waals surface area contributed by atoms with E-state index in [1.807, 2.05) is 56.3 Å². The Morgan fingerprint density at radius 1 is 1.10 bits per heavy atom. The lowest BCUT2D eigenvalue weighted by atomic mass is 10.1. The van der Waals surface area contributed by atoms with Crippen LogP contribution in [0.25, 0.3) is 10.9 Å². The van der Waals surface area contributed by atoms with Crippen LogP contribution >= 0.6 is 11.3 Å². The normalized spacial score (nSPS) is 10.9. The second kappa shape index (κ2) is 8.12. The summed E-state index contributed by atoms with van der Waals surface area (Å²) < 4.78 is 5.47.